The molecule has 2 aromatic rings. The molecule has 2 aromatic carbocycles. The molecule has 0 spiro atoms. The van der Waals surface area contributed by atoms with E-state index in [1.165, 1.54) is 53.0 Å². The molecule has 16 nitrogen and oxygen atoms in total. The number of amides is 2. The molecule has 0 saturated heterocycles. The summed E-state index contributed by atoms with van der Waals surface area (Å²) < 4.78 is 26.2. The average Bonchev–Trinajstić information content (AvgIpc) is 3.43. The maximum Gasteiger partial charge on any atom is 0.411 e. The van der Waals surface area contributed by atoms with Gasteiger partial charge in [0.25, 0.3) is 11.7 Å². The van der Waals surface area contributed by atoms with Gasteiger partial charge in [0.15, 0.2) is 5.75 Å². The number of phenols is 3. The molecular formula is C40H49Cl3N2O14. The van der Waals surface area contributed by atoms with Crippen LogP contribution in [0.5, 0.6) is 23.0 Å². The molecule has 3 aliphatic heterocycles. The van der Waals surface area contributed by atoms with Crippen molar-refractivity contribution in [2.75, 3.05) is 24.4 Å². The first-order valence-electron chi connectivity index (χ1n) is 18.4. The lowest BCUT2D eigenvalue weighted by atomic mass is 9.78. The third kappa shape index (κ3) is 9.96. The lowest BCUT2D eigenvalue weighted by molar-refractivity contribution is -0.160. The number of halogens is 3. The maximum absolute atomic E-state index is 14.3. The molecule has 3 aliphatic rings. The Balaban J connectivity index is 1.97. The molecule has 5 bridgehead atoms. The number of phenolic OH excluding ortho intramolecular Hbond substituents is 3. The Morgan fingerprint density at radius 2 is 1.59 bits per heavy atom. The van der Waals surface area contributed by atoms with Crippen LogP contribution in [-0.4, -0.2) is 97.0 Å². The quantitative estimate of drug-likeness (QED) is 0.0735. The standard InChI is InChI=1S/C40H49Cl3N2O14/c1-16-11-10-12-17(2)37(53)44-27-28(45-38(54)56-15-40(41,42)43)32(50)24-25(33(27)51)31(49)21(6)35-26(24)36(52)39(8,59-35)57-14-13-23(55-9)18(3)34(58-22(7)46)20(5)30(48)19(4)29(16)47/h10-14,16,18-20,23,29-30,34,47-51H,15H2,1-9H3,(H,44,53)(H,45,54)/b11-10+,14-13+,17-12-/t16-,18-,19-,20-,23+,29+,30+,34-,39+/m1/s1. The molecule has 0 saturated carbocycles. The van der Waals surface area contributed by atoms with Crippen molar-refractivity contribution >= 4 is 80.7 Å². The molecule has 9 atom stereocenters. The summed E-state index contributed by atoms with van der Waals surface area (Å²) in [5.41, 5.74) is -1.71. The van der Waals surface area contributed by atoms with Crippen LogP contribution in [0.1, 0.15) is 64.4 Å². The van der Waals surface area contributed by atoms with Crippen molar-refractivity contribution in [3.63, 3.8) is 0 Å². The predicted octanol–water partition coefficient (Wildman–Crippen LogP) is 6.67. The molecule has 0 aliphatic carbocycles. The van der Waals surface area contributed by atoms with Crippen molar-refractivity contribution in [1.29, 1.82) is 0 Å². The highest BCUT2D eigenvalue weighted by atomic mass is 35.6. The van der Waals surface area contributed by atoms with Gasteiger partial charge in [0.2, 0.25) is 3.79 Å². The number of aliphatic hydroxyl groups excluding tert-OH is 2. The number of methoxy groups -OCH3 is 1. The Hall–Kier alpha value is -4.45. The molecule has 0 aromatic heterocycles. The highest BCUT2D eigenvalue weighted by molar-refractivity contribution is 6.67. The number of alkyl halides is 3. The van der Waals surface area contributed by atoms with Crippen LogP contribution < -0.4 is 15.4 Å². The average molecular weight is 888 g/mol. The van der Waals surface area contributed by atoms with Crippen molar-refractivity contribution in [2.45, 2.75) is 89.4 Å². The van der Waals surface area contributed by atoms with E-state index in [0.29, 0.717) is 0 Å². The number of ketones is 1. The van der Waals surface area contributed by atoms with Crippen molar-refractivity contribution in [3.8, 4) is 23.0 Å². The fourth-order valence-corrected chi connectivity index (χ4v) is 7.29. The third-order valence-electron chi connectivity index (χ3n) is 10.6. The first kappa shape index (κ1) is 47.2. The van der Waals surface area contributed by atoms with Crippen LogP contribution in [0, 0.1) is 30.6 Å². The number of ether oxygens (including phenoxy) is 5. The molecule has 0 radical (unpaired) electrons. The largest absolute Gasteiger partial charge is 0.507 e. The van der Waals surface area contributed by atoms with E-state index in [9.17, 15) is 44.7 Å². The van der Waals surface area contributed by atoms with Gasteiger partial charge in [-0.25, -0.2) is 4.79 Å². The van der Waals surface area contributed by atoms with Gasteiger partial charge in [0.1, 0.15) is 41.3 Å². The minimum absolute atomic E-state index is 0.0210. The molecule has 324 valence electrons. The second-order valence-corrected chi connectivity index (χ2v) is 17.4. The molecule has 0 unspecified atom stereocenters. The third-order valence-corrected chi connectivity index (χ3v) is 10.9. The number of esters is 1. The summed E-state index contributed by atoms with van der Waals surface area (Å²) in [4.78, 5) is 53.2. The van der Waals surface area contributed by atoms with E-state index in [2.05, 4.69) is 10.6 Å². The summed E-state index contributed by atoms with van der Waals surface area (Å²) in [6.45, 7) is 11.2. The Morgan fingerprint density at radius 1 is 0.949 bits per heavy atom. The second kappa shape index (κ2) is 18.4. The summed E-state index contributed by atoms with van der Waals surface area (Å²) in [7, 11) is 1.39. The van der Waals surface area contributed by atoms with Gasteiger partial charge >= 0.3 is 17.8 Å². The van der Waals surface area contributed by atoms with Crippen LogP contribution in [0.2, 0.25) is 0 Å². The molecule has 7 N–H and O–H groups in total. The minimum atomic E-state index is -2.16. The van der Waals surface area contributed by atoms with Gasteiger partial charge in [0, 0.05) is 61.2 Å². The van der Waals surface area contributed by atoms with Crippen LogP contribution >= 0.6 is 34.8 Å². The summed E-state index contributed by atoms with van der Waals surface area (Å²) in [6.07, 6.45) is 1.57. The number of nitrogens with one attached hydrogen (secondary N) is 2. The lowest BCUT2D eigenvalue weighted by Gasteiger charge is -2.38. The van der Waals surface area contributed by atoms with E-state index in [0.717, 1.165) is 6.26 Å². The van der Waals surface area contributed by atoms with E-state index >= 15 is 0 Å². The number of fused-ring (bicyclic) bond motifs is 14. The van der Waals surface area contributed by atoms with Gasteiger partial charge in [-0.3, -0.25) is 19.7 Å². The number of carbonyl (C=O) groups excluding carboxylic acids is 4. The van der Waals surface area contributed by atoms with Gasteiger partial charge in [-0.05, 0) is 19.9 Å². The van der Waals surface area contributed by atoms with E-state index in [-0.39, 0.29) is 22.4 Å². The number of hydrogen-bond acceptors (Lipinski definition) is 14. The summed E-state index contributed by atoms with van der Waals surface area (Å²) in [5, 5.41) is 61.4. The van der Waals surface area contributed by atoms with Crippen molar-refractivity contribution < 1.29 is 68.4 Å². The maximum atomic E-state index is 14.3. The molecular weight excluding hydrogens is 839 g/mol. The van der Waals surface area contributed by atoms with Crippen molar-refractivity contribution in [3.05, 3.63) is 47.3 Å². The number of aliphatic hydroxyl groups is 2. The lowest BCUT2D eigenvalue weighted by Crippen LogP contribution is -2.46. The zero-order valence-electron chi connectivity index (χ0n) is 33.8. The highest BCUT2D eigenvalue weighted by Crippen LogP contribution is 2.57. The topological polar surface area (TPSA) is 240 Å². The monoisotopic (exact) mass is 886 g/mol. The van der Waals surface area contributed by atoms with Crippen molar-refractivity contribution in [1.82, 2.24) is 0 Å². The number of benzene rings is 2. The van der Waals surface area contributed by atoms with Crippen LogP contribution in [0.25, 0.3) is 10.8 Å². The first-order chi connectivity index (χ1) is 27.4. The van der Waals surface area contributed by atoms with E-state index in [1.807, 2.05) is 0 Å². The van der Waals surface area contributed by atoms with Gasteiger partial charge in [0.05, 0.1) is 35.5 Å². The molecule has 2 amide bonds. The Kier molecular flexibility index (Phi) is 14.8. The van der Waals surface area contributed by atoms with Gasteiger partial charge in [-0.1, -0.05) is 80.7 Å². The number of Topliss-reactive ketones (excluding diaryl/α,β-unsaturated/α-hetero) is 1. The van der Waals surface area contributed by atoms with E-state index < -0.39 is 127 Å². The number of carbonyl (C=O) groups is 4. The van der Waals surface area contributed by atoms with E-state index in [1.54, 1.807) is 33.8 Å². The zero-order chi connectivity index (χ0) is 44.5. The summed E-state index contributed by atoms with van der Waals surface area (Å²) >= 11 is 17.2. The molecule has 0 fully saturated rings. The molecule has 59 heavy (non-hydrogen) atoms. The molecule has 19 heteroatoms. The van der Waals surface area contributed by atoms with Crippen LogP contribution in [0.15, 0.2) is 36.1 Å². The van der Waals surface area contributed by atoms with Gasteiger partial charge in [-0.2, -0.15) is 0 Å². The predicted molar refractivity (Wildman–Crippen MR) is 219 cm³/mol. The minimum Gasteiger partial charge on any atom is -0.507 e. The van der Waals surface area contributed by atoms with Crippen LogP contribution in [0.4, 0.5) is 16.2 Å². The SMILES string of the molecule is CO[C@H]1/C=C/O[C@@]2(C)Oc3c(C)c(O)c4c(O)c(c(NC(=O)OCC(Cl)(Cl)Cl)c(O)c4c3C2=O)NC(=O)/C(C)=C\C=C\[C@@H](C)[C@H](O)[C@@H](C)[C@H](O)[C@@H](C)[C@H](OC(C)=O)[C@@H]1C. The number of anilines is 2. The molecule has 5 rings (SSSR count). The fourth-order valence-electron chi connectivity index (χ4n) is 7.13. The number of allylic oxidation sites excluding steroid dienone is 2. The van der Waals surface area contributed by atoms with Crippen LogP contribution in [-0.2, 0) is 28.5 Å². The number of hydrogen-bond donors (Lipinski definition) is 7. The first-order valence-corrected chi connectivity index (χ1v) is 19.6. The van der Waals surface area contributed by atoms with E-state index in [4.69, 9.17) is 58.5 Å². The normalized spacial score (nSPS) is 30.1. The zero-order valence-corrected chi connectivity index (χ0v) is 36.0. The van der Waals surface area contributed by atoms with Crippen molar-refractivity contribution in [2.24, 2.45) is 23.7 Å². The second-order valence-electron chi connectivity index (χ2n) is 14.9. The summed E-state index contributed by atoms with van der Waals surface area (Å²) in [5.74, 6) is -9.97. The Labute approximate surface area is 355 Å². The summed E-state index contributed by atoms with van der Waals surface area (Å²) in [6, 6.07) is 0. The van der Waals surface area contributed by atoms with Gasteiger partial charge < -0.3 is 54.5 Å². The molecule has 3 heterocycles. The number of rotatable bonds is 4. The fraction of sp³-hybridized carbons (Fsp3) is 0.500. The van der Waals surface area contributed by atoms with Gasteiger partial charge in [-0.15, -0.1) is 0 Å². The Bertz CT molecular complexity index is 2080. The highest BCUT2D eigenvalue weighted by Gasteiger charge is 2.50. The Morgan fingerprint density at radius 3 is 2.19 bits per heavy atom. The van der Waals surface area contributed by atoms with Crippen LogP contribution in [0.3, 0.4) is 0 Å². The number of aromatic hydroxyl groups is 3. The smallest absolute Gasteiger partial charge is 0.411 e.